The number of piperidine rings is 1. The zero-order chi connectivity index (χ0) is 17.8. The number of ketones is 1. The van der Waals surface area contributed by atoms with Gasteiger partial charge < -0.3 is 10.2 Å². The zero-order valence-electron chi connectivity index (χ0n) is 14.6. The predicted molar refractivity (Wildman–Crippen MR) is 96.7 cm³/mol. The van der Waals surface area contributed by atoms with Gasteiger partial charge in [-0.05, 0) is 38.3 Å². The van der Waals surface area contributed by atoms with Crippen LogP contribution in [-0.4, -0.2) is 34.9 Å². The number of rotatable bonds is 5. The summed E-state index contributed by atoms with van der Waals surface area (Å²) in [5.74, 6) is 0.231. The van der Waals surface area contributed by atoms with Crippen molar-refractivity contribution in [1.82, 2.24) is 9.97 Å². The minimum absolute atomic E-state index is 0.147. The molecule has 132 valence electrons. The maximum Gasteiger partial charge on any atom is 0.164 e. The van der Waals surface area contributed by atoms with Gasteiger partial charge in [0.15, 0.2) is 5.78 Å². The number of anilines is 2. The Morgan fingerprint density at radius 3 is 2.76 bits per heavy atom. The lowest BCUT2D eigenvalue weighted by molar-refractivity contribution is 0.101. The first-order chi connectivity index (χ1) is 12.1. The molecular weight excluding hydrogens is 319 g/mol. The van der Waals surface area contributed by atoms with E-state index in [1.165, 1.54) is 13.0 Å². The van der Waals surface area contributed by atoms with Gasteiger partial charge in [-0.25, -0.2) is 14.4 Å². The lowest BCUT2D eigenvalue weighted by atomic mass is 10.0. The van der Waals surface area contributed by atoms with Crippen LogP contribution in [0.15, 0.2) is 30.6 Å². The largest absolute Gasteiger partial charge is 0.382 e. The highest BCUT2D eigenvalue weighted by molar-refractivity contribution is 5.99. The summed E-state index contributed by atoms with van der Waals surface area (Å²) < 4.78 is 13.9. The fraction of sp³-hybridized carbons (Fsp3) is 0.421. The first-order valence-electron chi connectivity index (χ1n) is 8.70. The molecule has 3 rings (SSSR count). The molecule has 0 amide bonds. The monoisotopic (exact) mass is 342 g/mol. The van der Waals surface area contributed by atoms with E-state index in [2.05, 4.69) is 27.1 Å². The van der Waals surface area contributed by atoms with Gasteiger partial charge >= 0.3 is 0 Å². The summed E-state index contributed by atoms with van der Waals surface area (Å²) in [5, 5.41) is 3.35. The van der Waals surface area contributed by atoms with Gasteiger partial charge in [-0.2, -0.15) is 0 Å². The third-order valence-corrected chi connectivity index (χ3v) is 4.62. The van der Waals surface area contributed by atoms with Crippen LogP contribution in [0.1, 0.15) is 42.7 Å². The van der Waals surface area contributed by atoms with E-state index in [9.17, 15) is 9.18 Å². The minimum Gasteiger partial charge on any atom is -0.382 e. The Bertz CT molecular complexity index is 757. The van der Waals surface area contributed by atoms with Gasteiger partial charge in [-0.1, -0.05) is 13.0 Å². The summed E-state index contributed by atoms with van der Waals surface area (Å²) in [7, 11) is 0. The number of aromatic nitrogens is 2. The normalized spacial score (nSPS) is 15.2. The third kappa shape index (κ3) is 3.95. The van der Waals surface area contributed by atoms with Crippen molar-refractivity contribution < 1.29 is 9.18 Å². The molecule has 0 spiro atoms. The average Bonchev–Trinajstić information content (AvgIpc) is 2.62. The molecule has 1 aromatic heterocycles. The highest BCUT2D eigenvalue weighted by Gasteiger charge is 2.22. The van der Waals surface area contributed by atoms with Crippen LogP contribution in [0, 0.1) is 5.82 Å². The molecule has 1 N–H and O–H groups in total. The van der Waals surface area contributed by atoms with Crippen molar-refractivity contribution in [3.8, 4) is 0 Å². The van der Waals surface area contributed by atoms with Gasteiger partial charge in [0, 0.05) is 36.6 Å². The third-order valence-electron chi connectivity index (χ3n) is 4.62. The number of Topliss-reactive ketones (excluding diaryl/α,β-unsaturated/α-hetero) is 1. The van der Waals surface area contributed by atoms with E-state index in [4.69, 9.17) is 0 Å². The van der Waals surface area contributed by atoms with E-state index in [1.807, 2.05) is 6.07 Å². The Morgan fingerprint density at radius 2 is 2.08 bits per heavy atom. The Balaban J connectivity index is 1.65. The molecule has 0 radical (unpaired) electrons. The standard InChI is InChI=1S/C19H23FN4O/c1-3-14-11-18(22-12-21-14)24-9-7-15(8-10-24)23-17-6-4-5-16(20)19(17)13(2)25/h4-6,11-12,15,23H,3,7-10H2,1-2H3. The molecule has 0 unspecified atom stereocenters. The lowest BCUT2D eigenvalue weighted by Gasteiger charge is -2.34. The van der Waals surface area contributed by atoms with Crippen molar-refractivity contribution in [2.45, 2.75) is 39.2 Å². The van der Waals surface area contributed by atoms with E-state index in [0.717, 1.165) is 43.9 Å². The topological polar surface area (TPSA) is 58.1 Å². The van der Waals surface area contributed by atoms with Crippen LogP contribution < -0.4 is 10.2 Å². The summed E-state index contributed by atoms with van der Waals surface area (Å²) in [6.07, 6.45) is 4.31. The molecule has 1 fully saturated rings. The van der Waals surface area contributed by atoms with Crippen LogP contribution in [0.3, 0.4) is 0 Å². The molecule has 0 aliphatic carbocycles. The molecule has 5 nitrogen and oxygen atoms in total. The molecule has 0 atom stereocenters. The number of nitrogens with one attached hydrogen (secondary N) is 1. The van der Waals surface area contributed by atoms with Crippen LogP contribution in [0.25, 0.3) is 0 Å². The van der Waals surface area contributed by atoms with Gasteiger partial charge in [0.1, 0.15) is 18.0 Å². The highest BCUT2D eigenvalue weighted by Crippen LogP contribution is 2.24. The molecule has 0 saturated carbocycles. The van der Waals surface area contributed by atoms with Gasteiger partial charge in [-0.15, -0.1) is 0 Å². The summed E-state index contributed by atoms with van der Waals surface area (Å²) in [6.45, 7) is 5.20. The fourth-order valence-corrected chi connectivity index (χ4v) is 3.23. The number of carbonyl (C=O) groups excluding carboxylic acids is 1. The molecule has 1 aliphatic rings. The summed E-state index contributed by atoms with van der Waals surface area (Å²) in [4.78, 5) is 22.6. The van der Waals surface area contributed by atoms with Crippen LogP contribution in [0.4, 0.5) is 15.9 Å². The highest BCUT2D eigenvalue weighted by atomic mass is 19.1. The molecule has 25 heavy (non-hydrogen) atoms. The van der Waals surface area contributed by atoms with E-state index in [0.29, 0.717) is 5.69 Å². The Morgan fingerprint density at radius 1 is 1.32 bits per heavy atom. The summed E-state index contributed by atoms with van der Waals surface area (Å²) in [5.41, 5.74) is 1.77. The SMILES string of the molecule is CCc1cc(N2CCC(Nc3cccc(F)c3C(C)=O)CC2)ncn1. The van der Waals surface area contributed by atoms with Crippen molar-refractivity contribution in [2.75, 3.05) is 23.3 Å². The van der Waals surface area contributed by atoms with Crippen molar-refractivity contribution in [2.24, 2.45) is 0 Å². The second-order valence-electron chi connectivity index (χ2n) is 6.35. The van der Waals surface area contributed by atoms with Crippen LogP contribution in [-0.2, 0) is 6.42 Å². The maximum absolute atomic E-state index is 13.9. The van der Waals surface area contributed by atoms with E-state index >= 15 is 0 Å². The van der Waals surface area contributed by atoms with E-state index in [-0.39, 0.29) is 17.4 Å². The Kier molecular flexibility index (Phi) is 5.26. The molecule has 1 aliphatic heterocycles. The fourth-order valence-electron chi connectivity index (χ4n) is 3.23. The summed E-state index contributed by atoms with van der Waals surface area (Å²) >= 11 is 0. The number of hydrogen-bond donors (Lipinski definition) is 1. The Hall–Kier alpha value is -2.50. The number of nitrogens with zero attached hydrogens (tertiary/aromatic N) is 3. The zero-order valence-corrected chi connectivity index (χ0v) is 14.6. The van der Waals surface area contributed by atoms with Gasteiger partial charge in [0.05, 0.1) is 5.56 Å². The summed E-state index contributed by atoms with van der Waals surface area (Å²) in [6, 6.07) is 6.97. The minimum atomic E-state index is -0.469. The molecule has 1 saturated heterocycles. The van der Waals surface area contributed by atoms with Crippen molar-refractivity contribution in [3.63, 3.8) is 0 Å². The Labute approximate surface area is 147 Å². The van der Waals surface area contributed by atoms with Crippen LogP contribution >= 0.6 is 0 Å². The van der Waals surface area contributed by atoms with Gasteiger partial charge in [-0.3, -0.25) is 4.79 Å². The van der Waals surface area contributed by atoms with Crippen LogP contribution in [0.5, 0.6) is 0 Å². The molecule has 2 aromatic rings. The number of hydrogen-bond acceptors (Lipinski definition) is 5. The number of aryl methyl sites for hydroxylation is 1. The number of halogens is 1. The van der Waals surface area contributed by atoms with Crippen molar-refractivity contribution >= 4 is 17.3 Å². The molecule has 6 heteroatoms. The molecule has 2 heterocycles. The molecule has 0 bridgehead atoms. The maximum atomic E-state index is 13.9. The first-order valence-corrected chi connectivity index (χ1v) is 8.70. The predicted octanol–water partition coefficient (Wildman–Crippen LogP) is 3.46. The molecule has 1 aromatic carbocycles. The average molecular weight is 342 g/mol. The van der Waals surface area contributed by atoms with Gasteiger partial charge in [0.2, 0.25) is 0 Å². The number of benzene rings is 1. The lowest BCUT2D eigenvalue weighted by Crippen LogP contribution is -2.39. The smallest absolute Gasteiger partial charge is 0.164 e. The van der Waals surface area contributed by atoms with E-state index in [1.54, 1.807) is 18.5 Å². The quantitative estimate of drug-likeness (QED) is 0.843. The van der Waals surface area contributed by atoms with Crippen molar-refractivity contribution in [1.29, 1.82) is 0 Å². The first kappa shape index (κ1) is 17.3. The van der Waals surface area contributed by atoms with Gasteiger partial charge in [0.25, 0.3) is 0 Å². The molecular formula is C19H23FN4O. The van der Waals surface area contributed by atoms with Crippen LogP contribution in [0.2, 0.25) is 0 Å². The van der Waals surface area contributed by atoms with Crippen molar-refractivity contribution in [3.05, 3.63) is 47.7 Å². The second-order valence-corrected chi connectivity index (χ2v) is 6.35. The number of carbonyl (C=O) groups is 1. The second kappa shape index (κ2) is 7.59. The van der Waals surface area contributed by atoms with E-state index < -0.39 is 5.82 Å².